The summed E-state index contributed by atoms with van der Waals surface area (Å²) in [5, 5.41) is 7.67. The molecule has 1 aromatic rings. The van der Waals surface area contributed by atoms with E-state index in [1.165, 1.54) is 6.42 Å². The Labute approximate surface area is 127 Å². The van der Waals surface area contributed by atoms with Crippen LogP contribution in [0.5, 0.6) is 0 Å². The van der Waals surface area contributed by atoms with Gasteiger partial charge in [-0.05, 0) is 59.5 Å². The third-order valence-electron chi connectivity index (χ3n) is 4.60. The number of rotatable bonds is 5. The molecule has 1 amide bonds. The van der Waals surface area contributed by atoms with Crippen LogP contribution in [0, 0.1) is 19.8 Å². The second-order valence-corrected chi connectivity index (χ2v) is 5.99. The first-order valence-electron chi connectivity index (χ1n) is 8.06. The van der Waals surface area contributed by atoms with E-state index < -0.39 is 0 Å². The van der Waals surface area contributed by atoms with Gasteiger partial charge in [-0.15, -0.1) is 0 Å². The van der Waals surface area contributed by atoms with Crippen LogP contribution in [0.2, 0.25) is 0 Å². The van der Waals surface area contributed by atoms with Gasteiger partial charge in [-0.2, -0.15) is 5.10 Å². The van der Waals surface area contributed by atoms with E-state index >= 15 is 0 Å². The molecule has 118 valence electrons. The van der Waals surface area contributed by atoms with Crippen molar-refractivity contribution in [3.8, 4) is 0 Å². The van der Waals surface area contributed by atoms with Gasteiger partial charge in [0, 0.05) is 25.3 Å². The van der Waals surface area contributed by atoms with Crippen molar-refractivity contribution in [2.24, 2.45) is 5.92 Å². The number of amides is 1. The number of carbonyl (C=O) groups is 1. The van der Waals surface area contributed by atoms with Crippen molar-refractivity contribution in [1.82, 2.24) is 20.0 Å². The fourth-order valence-electron chi connectivity index (χ4n) is 3.25. The van der Waals surface area contributed by atoms with Crippen LogP contribution in [0.15, 0.2) is 0 Å². The SMILES string of the molecule is CCn1nc(C)c(C(=O)N2CCC(CCNC)CC2)c1C. The molecule has 1 saturated heterocycles. The topological polar surface area (TPSA) is 50.2 Å². The summed E-state index contributed by atoms with van der Waals surface area (Å²) in [5.74, 6) is 0.916. The molecule has 0 spiro atoms. The van der Waals surface area contributed by atoms with E-state index in [-0.39, 0.29) is 5.91 Å². The zero-order valence-electron chi connectivity index (χ0n) is 13.8. The summed E-state index contributed by atoms with van der Waals surface area (Å²) >= 11 is 0. The van der Waals surface area contributed by atoms with Crippen LogP contribution in [-0.2, 0) is 6.54 Å². The Hall–Kier alpha value is -1.36. The molecule has 0 aromatic carbocycles. The molecule has 1 aromatic heterocycles. The number of aryl methyl sites for hydroxylation is 2. The first-order valence-corrected chi connectivity index (χ1v) is 8.06. The van der Waals surface area contributed by atoms with Crippen molar-refractivity contribution in [2.45, 2.75) is 46.6 Å². The smallest absolute Gasteiger partial charge is 0.257 e. The molecule has 2 rings (SSSR count). The minimum absolute atomic E-state index is 0.164. The molecule has 0 unspecified atom stereocenters. The lowest BCUT2D eigenvalue weighted by Crippen LogP contribution is -2.39. The first kappa shape index (κ1) is 16.0. The van der Waals surface area contributed by atoms with Crippen LogP contribution in [0.3, 0.4) is 0 Å². The summed E-state index contributed by atoms with van der Waals surface area (Å²) in [7, 11) is 2.00. The Morgan fingerprint density at radius 2 is 2.00 bits per heavy atom. The van der Waals surface area contributed by atoms with Crippen molar-refractivity contribution in [2.75, 3.05) is 26.7 Å². The molecule has 0 radical (unpaired) electrons. The molecule has 0 saturated carbocycles. The second-order valence-electron chi connectivity index (χ2n) is 5.99. The molecule has 0 atom stereocenters. The van der Waals surface area contributed by atoms with Crippen molar-refractivity contribution in [3.63, 3.8) is 0 Å². The monoisotopic (exact) mass is 292 g/mol. The van der Waals surface area contributed by atoms with Gasteiger partial charge in [0.1, 0.15) is 0 Å². The van der Waals surface area contributed by atoms with Gasteiger partial charge in [-0.3, -0.25) is 9.48 Å². The Morgan fingerprint density at radius 3 is 2.52 bits per heavy atom. The quantitative estimate of drug-likeness (QED) is 0.903. The van der Waals surface area contributed by atoms with E-state index in [0.717, 1.165) is 61.9 Å². The highest BCUT2D eigenvalue weighted by molar-refractivity contribution is 5.96. The van der Waals surface area contributed by atoms with Gasteiger partial charge in [0.15, 0.2) is 0 Å². The average molecular weight is 292 g/mol. The van der Waals surface area contributed by atoms with E-state index in [4.69, 9.17) is 0 Å². The number of piperidine rings is 1. The molecule has 0 aliphatic carbocycles. The van der Waals surface area contributed by atoms with E-state index in [1.54, 1.807) is 0 Å². The molecule has 1 aliphatic heterocycles. The van der Waals surface area contributed by atoms with Gasteiger partial charge in [0.25, 0.3) is 5.91 Å². The molecule has 2 heterocycles. The largest absolute Gasteiger partial charge is 0.339 e. The maximum absolute atomic E-state index is 12.8. The van der Waals surface area contributed by atoms with Crippen molar-refractivity contribution in [3.05, 3.63) is 17.0 Å². The summed E-state index contributed by atoms with van der Waals surface area (Å²) in [6, 6.07) is 0. The number of nitrogens with one attached hydrogen (secondary N) is 1. The number of likely N-dealkylation sites (tertiary alicyclic amines) is 1. The highest BCUT2D eigenvalue weighted by Crippen LogP contribution is 2.23. The predicted molar refractivity (Wildman–Crippen MR) is 84.5 cm³/mol. The highest BCUT2D eigenvalue weighted by Gasteiger charge is 2.27. The normalized spacial score (nSPS) is 16.5. The van der Waals surface area contributed by atoms with Crippen molar-refractivity contribution in [1.29, 1.82) is 0 Å². The minimum Gasteiger partial charge on any atom is -0.339 e. The Morgan fingerprint density at radius 1 is 1.33 bits per heavy atom. The summed E-state index contributed by atoms with van der Waals surface area (Å²) in [4.78, 5) is 14.8. The zero-order valence-corrected chi connectivity index (χ0v) is 13.8. The van der Waals surface area contributed by atoms with E-state index in [1.807, 2.05) is 30.5 Å². The van der Waals surface area contributed by atoms with Crippen LogP contribution >= 0.6 is 0 Å². The molecule has 1 N–H and O–H groups in total. The van der Waals surface area contributed by atoms with E-state index in [0.29, 0.717) is 0 Å². The summed E-state index contributed by atoms with van der Waals surface area (Å²) in [6.07, 6.45) is 3.45. The third kappa shape index (κ3) is 3.46. The van der Waals surface area contributed by atoms with Crippen LogP contribution in [-0.4, -0.2) is 47.3 Å². The van der Waals surface area contributed by atoms with Crippen molar-refractivity contribution >= 4 is 5.91 Å². The first-order chi connectivity index (χ1) is 10.1. The zero-order chi connectivity index (χ0) is 15.4. The lowest BCUT2D eigenvalue weighted by molar-refractivity contribution is 0.0685. The van der Waals surface area contributed by atoms with Crippen molar-refractivity contribution < 1.29 is 4.79 Å². The van der Waals surface area contributed by atoms with Gasteiger partial charge < -0.3 is 10.2 Å². The van der Waals surface area contributed by atoms with Gasteiger partial charge in [-0.1, -0.05) is 0 Å². The average Bonchev–Trinajstić information content (AvgIpc) is 2.79. The molecule has 1 aliphatic rings. The standard InChI is InChI=1S/C16H28N4O/c1-5-20-13(3)15(12(2)18-20)16(21)19-10-7-14(8-11-19)6-9-17-4/h14,17H,5-11H2,1-4H3. The van der Waals surface area contributed by atoms with E-state index in [9.17, 15) is 4.79 Å². The summed E-state index contributed by atoms with van der Waals surface area (Å²) in [6.45, 7) is 9.63. The van der Waals surface area contributed by atoms with Crippen LogP contribution < -0.4 is 5.32 Å². The maximum atomic E-state index is 12.8. The molecule has 5 nitrogen and oxygen atoms in total. The molecule has 21 heavy (non-hydrogen) atoms. The summed E-state index contributed by atoms with van der Waals surface area (Å²) in [5.41, 5.74) is 2.67. The van der Waals surface area contributed by atoms with Crippen LogP contribution in [0.4, 0.5) is 0 Å². The molecule has 0 bridgehead atoms. The summed E-state index contributed by atoms with van der Waals surface area (Å²) < 4.78 is 1.92. The third-order valence-corrected chi connectivity index (χ3v) is 4.60. The van der Waals surface area contributed by atoms with Gasteiger partial charge in [0.2, 0.25) is 0 Å². The molecular weight excluding hydrogens is 264 g/mol. The van der Waals surface area contributed by atoms with Gasteiger partial charge >= 0.3 is 0 Å². The Kier molecular flexibility index (Phi) is 5.39. The number of hydrogen-bond donors (Lipinski definition) is 1. The Balaban J connectivity index is 2.01. The number of hydrogen-bond acceptors (Lipinski definition) is 3. The number of carbonyl (C=O) groups excluding carboxylic acids is 1. The minimum atomic E-state index is 0.164. The highest BCUT2D eigenvalue weighted by atomic mass is 16.2. The predicted octanol–water partition coefficient (Wildman–Crippen LogP) is 1.98. The Bertz CT molecular complexity index is 487. The number of aromatic nitrogens is 2. The van der Waals surface area contributed by atoms with E-state index in [2.05, 4.69) is 17.3 Å². The lowest BCUT2D eigenvalue weighted by Gasteiger charge is -2.32. The van der Waals surface area contributed by atoms with Crippen LogP contribution in [0.25, 0.3) is 0 Å². The van der Waals surface area contributed by atoms with Gasteiger partial charge in [-0.25, -0.2) is 0 Å². The second kappa shape index (κ2) is 7.07. The fraction of sp³-hybridized carbons (Fsp3) is 0.750. The molecule has 5 heteroatoms. The molecule has 1 fully saturated rings. The van der Waals surface area contributed by atoms with Crippen LogP contribution in [0.1, 0.15) is 47.9 Å². The lowest BCUT2D eigenvalue weighted by atomic mass is 9.93. The molecular formula is C16H28N4O. The number of nitrogens with zero attached hydrogens (tertiary/aromatic N) is 3. The maximum Gasteiger partial charge on any atom is 0.257 e. The van der Waals surface area contributed by atoms with Gasteiger partial charge in [0.05, 0.1) is 11.3 Å². The fourth-order valence-corrected chi connectivity index (χ4v) is 3.25.